The topological polar surface area (TPSA) is 44.8 Å². The van der Waals surface area contributed by atoms with Gasteiger partial charge in [-0.15, -0.1) is 0 Å². The number of hydrogen-bond donors (Lipinski definition) is 1. The van der Waals surface area contributed by atoms with Crippen molar-refractivity contribution in [1.82, 2.24) is 10.2 Å². The van der Waals surface area contributed by atoms with Crippen molar-refractivity contribution in [2.24, 2.45) is 0 Å². The summed E-state index contributed by atoms with van der Waals surface area (Å²) in [4.78, 5) is 17.7. The van der Waals surface area contributed by atoms with Crippen LogP contribution in [0.15, 0.2) is 48.5 Å². The van der Waals surface area contributed by atoms with E-state index in [1.807, 2.05) is 24.3 Å². The zero-order valence-corrected chi connectivity index (χ0v) is 18.0. The molecule has 0 bridgehead atoms. The van der Waals surface area contributed by atoms with Crippen molar-refractivity contribution in [3.63, 3.8) is 0 Å². The molecule has 2 aromatic rings. The molecule has 5 heteroatoms. The van der Waals surface area contributed by atoms with E-state index in [9.17, 15) is 4.79 Å². The normalized spacial score (nSPS) is 18.2. The standard InChI is InChI=1S/C25H33N3O2/c1-30-23-13-9-20(10-14-23)24(28-17-5-6-18-28)19-26-25(29)21-7-11-22(12-8-21)27-15-3-2-4-16-27/h7-14,24H,2-6,15-19H2,1H3,(H,26,29)/t24-/m0/s1. The second-order valence-electron chi connectivity index (χ2n) is 8.34. The summed E-state index contributed by atoms with van der Waals surface area (Å²) in [6, 6.07) is 16.5. The summed E-state index contributed by atoms with van der Waals surface area (Å²) in [5.74, 6) is 0.856. The molecule has 1 atom stereocenters. The van der Waals surface area contributed by atoms with Crippen LogP contribution in [0.25, 0.3) is 0 Å². The van der Waals surface area contributed by atoms with Gasteiger partial charge in [-0.1, -0.05) is 12.1 Å². The van der Waals surface area contributed by atoms with Crippen LogP contribution in [0.3, 0.4) is 0 Å². The Bertz CT molecular complexity index is 807. The Morgan fingerprint density at radius 3 is 2.17 bits per heavy atom. The van der Waals surface area contributed by atoms with Crippen LogP contribution in [0, 0.1) is 0 Å². The van der Waals surface area contributed by atoms with Gasteiger partial charge in [0.1, 0.15) is 5.75 Å². The molecule has 0 spiro atoms. The number of amides is 1. The first-order chi connectivity index (χ1) is 14.7. The molecule has 0 radical (unpaired) electrons. The highest BCUT2D eigenvalue weighted by Crippen LogP contribution is 2.26. The molecule has 2 heterocycles. The summed E-state index contributed by atoms with van der Waals surface area (Å²) < 4.78 is 5.30. The number of carbonyl (C=O) groups is 1. The van der Waals surface area contributed by atoms with E-state index < -0.39 is 0 Å². The minimum absolute atomic E-state index is 0.00194. The highest BCUT2D eigenvalue weighted by Gasteiger charge is 2.24. The SMILES string of the molecule is COc1ccc([C@H](CNC(=O)c2ccc(N3CCCCC3)cc2)N2CCCC2)cc1. The van der Waals surface area contributed by atoms with Crippen molar-refractivity contribution in [3.8, 4) is 5.75 Å². The van der Waals surface area contributed by atoms with Gasteiger partial charge in [0, 0.05) is 30.9 Å². The number of likely N-dealkylation sites (tertiary alicyclic amines) is 1. The van der Waals surface area contributed by atoms with Crippen molar-refractivity contribution >= 4 is 11.6 Å². The first-order valence-corrected chi connectivity index (χ1v) is 11.3. The number of hydrogen-bond acceptors (Lipinski definition) is 4. The summed E-state index contributed by atoms with van der Waals surface area (Å²) in [5, 5.41) is 3.18. The van der Waals surface area contributed by atoms with Crippen molar-refractivity contribution in [1.29, 1.82) is 0 Å². The van der Waals surface area contributed by atoms with Gasteiger partial charge in [-0.2, -0.15) is 0 Å². The molecule has 30 heavy (non-hydrogen) atoms. The predicted octanol–water partition coefficient (Wildman–Crippen LogP) is 4.25. The molecule has 160 valence electrons. The average Bonchev–Trinajstić information content (AvgIpc) is 3.35. The second kappa shape index (κ2) is 9.98. The average molecular weight is 408 g/mol. The fourth-order valence-electron chi connectivity index (χ4n) is 4.60. The first-order valence-electron chi connectivity index (χ1n) is 11.3. The molecule has 5 nitrogen and oxygen atoms in total. The number of piperidine rings is 1. The van der Waals surface area contributed by atoms with Gasteiger partial charge in [-0.3, -0.25) is 9.69 Å². The van der Waals surface area contributed by atoms with E-state index in [2.05, 4.69) is 39.4 Å². The van der Waals surface area contributed by atoms with Gasteiger partial charge >= 0.3 is 0 Å². The van der Waals surface area contributed by atoms with E-state index in [1.54, 1.807) is 7.11 Å². The van der Waals surface area contributed by atoms with Gasteiger partial charge in [-0.25, -0.2) is 0 Å². The third kappa shape index (κ3) is 4.96. The third-order valence-corrected chi connectivity index (χ3v) is 6.39. The van der Waals surface area contributed by atoms with E-state index in [0.29, 0.717) is 6.54 Å². The van der Waals surface area contributed by atoms with Crippen LogP contribution >= 0.6 is 0 Å². The Balaban J connectivity index is 1.40. The quantitative estimate of drug-likeness (QED) is 0.745. The number of benzene rings is 2. The molecule has 0 aromatic heterocycles. The summed E-state index contributed by atoms with van der Waals surface area (Å²) in [5.41, 5.74) is 3.17. The molecule has 1 N–H and O–H groups in total. The predicted molar refractivity (Wildman–Crippen MR) is 121 cm³/mol. The Labute approximate surface area is 180 Å². The fraction of sp³-hybridized carbons (Fsp3) is 0.480. The van der Waals surface area contributed by atoms with Crippen LogP contribution in [-0.4, -0.2) is 50.6 Å². The van der Waals surface area contributed by atoms with Crippen LogP contribution in [-0.2, 0) is 0 Å². The molecule has 2 aromatic carbocycles. The van der Waals surface area contributed by atoms with E-state index in [4.69, 9.17) is 4.74 Å². The number of rotatable bonds is 7. The smallest absolute Gasteiger partial charge is 0.251 e. The molecular formula is C25H33N3O2. The zero-order valence-electron chi connectivity index (χ0n) is 18.0. The van der Waals surface area contributed by atoms with Gasteiger partial charge in [0.25, 0.3) is 5.91 Å². The van der Waals surface area contributed by atoms with Crippen molar-refractivity contribution in [2.45, 2.75) is 38.1 Å². The molecule has 2 fully saturated rings. The lowest BCUT2D eigenvalue weighted by atomic mass is 10.0. The lowest BCUT2D eigenvalue weighted by molar-refractivity contribution is 0.0938. The molecule has 2 saturated heterocycles. The van der Waals surface area contributed by atoms with E-state index in [0.717, 1.165) is 37.5 Å². The van der Waals surface area contributed by atoms with Crippen LogP contribution in [0.4, 0.5) is 5.69 Å². The highest BCUT2D eigenvalue weighted by atomic mass is 16.5. The molecule has 0 saturated carbocycles. The maximum atomic E-state index is 12.8. The largest absolute Gasteiger partial charge is 0.497 e. The van der Waals surface area contributed by atoms with Gasteiger partial charge in [-0.05, 0) is 87.2 Å². The molecule has 2 aliphatic heterocycles. The van der Waals surface area contributed by atoms with Gasteiger partial charge in [0.2, 0.25) is 0 Å². The first kappa shape index (κ1) is 20.7. The number of nitrogens with zero attached hydrogens (tertiary/aromatic N) is 2. The Morgan fingerprint density at radius 1 is 0.900 bits per heavy atom. The maximum Gasteiger partial charge on any atom is 0.251 e. The van der Waals surface area contributed by atoms with Gasteiger partial charge in [0.05, 0.1) is 13.2 Å². The van der Waals surface area contributed by atoms with Crippen molar-refractivity contribution in [2.75, 3.05) is 44.7 Å². The minimum Gasteiger partial charge on any atom is -0.497 e. The highest BCUT2D eigenvalue weighted by molar-refractivity contribution is 5.94. The summed E-state index contributed by atoms with van der Waals surface area (Å²) in [6.07, 6.45) is 6.28. The summed E-state index contributed by atoms with van der Waals surface area (Å²) >= 11 is 0. The monoisotopic (exact) mass is 407 g/mol. The summed E-state index contributed by atoms with van der Waals surface area (Å²) in [7, 11) is 1.68. The lowest BCUT2D eigenvalue weighted by Gasteiger charge is -2.29. The number of carbonyl (C=O) groups excluding carboxylic acids is 1. The maximum absolute atomic E-state index is 12.8. The molecule has 4 rings (SSSR count). The van der Waals surface area contributed by atoms with E-state index >= 15 is 0 Å². The number of anilines is 1. The lowest BCUT2D eigenvalue weighted by Crippen LogP contribution is -2.36. The van der Waals surface area contributed by atoms with E-state index in [1.165, 1.54) is 43.4 Å². The van der Waals surface area contributed by atoms with Gasteiger partial charge in [0.15, 0.2) is 0 Å². The third-order valence-electron chi connectivity index (χ3n) is 6.39. The van der Waals surface area contributed by atoms with Crippen LogP contribution in [0.2, 0.25) is 0 Å². The zero-order chi connectivity index (χ0) is 20.8. The molecule has 0 unspecified atom stereocenters. The number of nitrogens with one attached hydrogen (secondary N) is 1. The number of ether oxygens (including phenoxy) is 1. The van der Waals surface area contributed by atoms with Gasteiger partial charge < -0.3 is 15.0 Å². The van der Waals surface area contributed by atoms with Crippen molar-refractivity contribution in [3.05, 3.63) is 59.7 Å². The van der Waals surface area contributed by atoms with E-state index in [-0.39, 0.29) is 11.9 Å². The molecule has 1 amide bonds. The molecule has 2 aliphatic rings. The minimum atomic E-state index is -0.00194. The molecular weight excluding hydrogens is 374 g/mol. The van der Waals surface area contributed by atoms with Crippen LogP contribution < -0.4 is 15.0 Å². The van der Waals surface area contributed by atoms with Crippen LogP contribution in [0.1, 0.15) is 54.1 Å². The fourth-order valence-corrected chi connectivity index (χ4v) is 4.60. The second-order valence-corrected chi connectivity index (χ2v) is 8.34. The Morgan fingerprint density at radius 2 is 1.53 bits per heavy atom. The molecule has 0 aliphatic carbocycles. The number of methoxy groups -OCH3 is 1. The Hall–Kier alpha value is -2.53. The van der Waals surface area contributed by atoms with Crippen LogP contribution in [0.5, 0.6) is 5.75 Å². The summed E-state index contributed by atoms with van der Waals surface area (Å²) in [6.45, 7) is 5.00. The Kier molecular flexibility index (Phi) is 6.90. The van der Waals surface area contributed by atoms with Crippen molar-refractivity contribution < 1.29 is 9.53 Å².